The molecule has 0 radical (unpaired) electrons. The Labute approximate surface area is 75.7 Å². The number of ketones is 1. The summed E-state index contributed by atoms with van der Waals surface area (Å²) in [5.41, 5.74) is 0.941. The highest BCUT2D eigenvalue weighted by atomic mass is 32.1. The normalized spacial score (nSPS) is 17.7. The maximum atomic E-state index is 11.4. The van der Waals surface area contributed by atoms with Gasteiger partial charge in [0.1, 0.15) is 0 Å². The second-order valence-electron chi connectivity index (χ2n) is 2.91. The molecule has 2 rings (SSSR count). The van der Waals surface area contributed by atoms with Crippen molar-refractivity contribution in [2.75, 3.05) is 0 Å². The molecule has 1 aliphatic carbocycles. The van der Waals surface area contributed by atoms with E-state index in [0.717, 1.165) is 29.7 Å². The minimum absolute atomic E-state index is 0.309. The van der Waals surface area contributed by atoms with Gasteiger partial charge in [-0.2, -0.15) is 0 Å². The summed E-state index contributed by atoms with van der Waals surface area (Å²) in [4.78, 5) is 12.6. The highest BCUT2D eigenvalue weighted by Crippen LogP contribution is 2.26. The number of Topliss-reactive ketones (excluding diaryl/α,β-unsaturated/α-hetero) is 1. The third-order valence-electron chi connectivity index (χ3n) is 2.04. The van der Waals surface area contributed by atoms with Gasteiger partial charge in [0, 0.05) is 16.9 Å². The third kappa shape index (κ3) is 1.34. The molecule has 1 heterocycles. The van der Waals surface area contributed by atoms with Crippen LogP contribution in [0.3, 0.4) is 0 Å². The lowest BCUT2D eigenvalue weighted by atomic mass is 9.97. The van der Waals surface area contributed by atoms with Crippen LogP contribution in [-0.4, -0.2) is 5.78 Å². The molecule has 2 heteroatoms. The molecular formula is C10H10OS. The monoisotopic (exact) mass is 178 g/mol. The fourth-order valence-corrected chi connectivity index (χ4v) is 2.21. The van der Waals surface area contributed by atoms with Gasteiger partial charge in [-0.15, -0.1) is 11.3 Å². The summed E-state index contributed by atoms with van der Waals surface area (Å²) in [6.07, 6.45) is 4.87. The smallest absolute Gasteiger partial charge is 0.163 e. The number of hydrogen-bond acceptors (Lipinski definition) is 2. The Morgan fingerprint density at radius 1 is 1.42 bits per heavy atom. The van der Waals surface area contributed by atoms with Crippen LogP contribution in [0.5, 0.6) is 0 Å². The highest BCUT2D eigenvalue weighted by Gasteiger charge is 2.15. The molecule has 0 aromatic carbocycles. The minimum atomic E-state index is 0.309. The second-order valence-corrected chi connectivity index (χ2v) is 3.86. The Bertz CT molecular complexity index is 309. The van der Waals surface area contributed by atoms with Gasteiger partial charge < -0.3 is 0 Å². The predicted molar refractivity (Wildman–Crippen MR) is 51.2 cm³/mol. The van der Waals surface area contributed by atoms with Crippen molar-refractivity contribution in [1.82, 2.24) is 0 Å². The van der Waals surface area contributed by atoms with Gasteiger partial charge in [0.25, 0.3) is 0 Å². The molecule has 0 fully saturated rings. The zero-order valence-corrected chi connectivity index (χ0v) is 7.56. The van der Waals surface area contributed by atoms with E-state index < -0.39 is 0 Å². The summed E-state index contributed by atoms with van der Waals surface area (Å²) >= 11 is 1.64. The van der Waals surface area contributed by atoms with Crippen LogP contribution in [0.2, 0.25) is 0 Å². The van der Waals surface area contributed by atoms with Crippen LogP contribution in [-0.2, 0) is 4.79 Å². The Morgan fingerprint density at radius 3 is 3.00 bits per heavy atom. The molecular weight excluding hydrogens is 168 g/mol. The summed E-state index contributed by atoms with van der Waals surface area (Å²) < 4.78 is 0. The lowest BCUT2D eigenvalue weighted by molar-refractivity contribution is -0.114. The zero-order valence-electron chi connectivity index (χ0n) is 6.75. The van der Waals surface area contributed by atoms with Crippen molar-refractivity contribution in [2.45, 2.75) is 19.3 Å². The number of carbonyl (C=O) groups is 1. The first-order valence-corrected chi connectivity index (χ1v) is 5.03. The Hall–Kier alpha value is -0.890. The van der Waals surface area contributed by atoms with Gasteiger partial charge in [0.05, 0.1) is 0 Å². The standard InChI is InChI=1S/C10H10OS/c11-9-5-2-1-4-8(9)10-6-3-7-12-10/h3-4,6-7H,1-2,5H2. The van der Waals surface area contributed by atoms with E-state index in [4.69, 9.17) is 0 Å². The van der Waals surface area contributed by atoms with Crippen LogP contribution in [0.1, 0.15) is 24.1 Å². The lowest BCUT2D eigenvalue weighted by Gasteiger charge is -2.08. The van der Waals surface area contributed by atoms with Crippen LogP contribution in [0.4, 0.5) is 0 Å². The van der Waals surface area contributed by atoms with Gasteiger partial charge in [0.15, 0.2) is 5.78 Å². The SMILES string of the molecule is O=C1CCCC=C1c1cccs1. The minimum Gasteiger partial charge on any atom is -0.294 e. The first-order valence-electron chi connectivity index (χ1n) is 4.15. The number of carbonyl (C=O) groups excluding carboxylic acids is 1. The Balaban J connectivity index is 2.34. The van der Waals surface area contributed by atoms with E-state index in [0.29, 0.717) is 5.78 Å². The van der Waals surface area contributed by atoms with Crippen LogP contribution in [0.25, 0.3) is 5.57 Å². The summed E-state index contributed by atoms with van der Waals surface area (Å²) in [5.74, 6) is 0.309. The van der Waals surface area contributed by atoms with E-state index in [2.05, 4.69) is 6.08 Å². The molecule has 12 heavy (non-hydrogen) atoms. The second kappa shape index (κ2) is 3.23. The molecule has 0 saturated heterocycles. The Morgan fingerprint density at radius 2 is 2.33 bits per heavy atom. The third-order valence-corrected chi connectivity index (χ3v) is 2.95. The van der Waals surface area contributed by atoms with Crippen LogP contribution in [0, 0.1) is 0 Å². The number of allylic oxidation sites excluding steroid dienone is 2. The lowest BCUT2D eigenvalue weighted by Crippen LogP contribution is -2.04. The molecule has 1 aliphatic rings. The van der Waals surface area contributed by atoms with Crippen LogP contribution >= 0.6 is 11.3 Å². The average molecular weight is 178 g/mol. The quantitative estimate of drug-likeness (QED) is 0.646. The van der Waals surface area contributed by atoms with Gasteiger partial charge in [-0.3, -0.25) is 4.79 Å². The molecule has 1 aromatic heterocycles. The molecule has 0 N–H and O–H groups in total. The van der Waals surface area contributed by atoms with E-state index >= 15 is 0 Å². The average Bonchev–Trinajstić information content (AvgIpc) is 2.57. The molecule has 0 aliphatic heterocycles. The molecule has 1 nitrogen and oxygen atoms in total. The van der Waals surface area contributed by atoms with Crippen molar-refractivity contribution in [1.29, 1.82) is 0 Å². The molecule has 0 spiro atoms. The molecule has 0 saturated carbocycles. The molecule has 0 unspecified atom stereocenters. The number of hydrogen-bond donors (Lipinski definition) is 0. The van der Waals surface area contributed by atoms with E-state index in [9.17, 15) is 4.79 Å². The van der Waals surface area contributed by atoms with Crippen molar-refractivity contribution < 1.29 is 4.79 Å². The maximum Gasteiger partial charge on any atom is 0.163 e. The van der Waals surface area contributed by atoms with Crippen molar-refractivity contribution in [3.05, 3.63) is 28.5 Å². The zero-order chi connectivity index (χ0) is 8.39. The fraction of sp³-hybridized carbons (Fsp3) is 0.300. The molecule has 0 amide bonds. The molecule has 0 bridgehead atoms. The van der Waals surface area contributed by atoms with Crippen molar-refractivity contribution in [3.63, 3.8) is 0 Å². The van der Waals surface area contributed by atoms with Gasteiger partial charge in [-0.1, -0.05) is 12.1 Å². The maximum absolute atomic E-state index is 11.4. The Kier molecular flexibility index (Phi) is 2.09. The van der Waals surface area contributed by atoms with E-state index in [1.54, 1.807) is 11.3 Å². The summed E-state index contributed by atoms with van der Waals surface area (Å²) in [6, 6.07) is 4.00. The fourth-order valence-electron chi connectivity index (χ4n) is 1.43. The number of rotatable bonds is 1. The summed E-state index contributed by atoms with van der Waals surface area (Å²) in [5, 5.41) is 2.01. The highest BCUT2D eigenvalue weighted by molar-refractivity contribution is 7.11. The van der Waals surface area contributed by atoms with Gasteiger partial charge in [-0.25, -0.2) is 0 Å². The van der Waals surface area contributed by atoms with Crippen molar-refractivity contribution in [3.8, 4) is 0 Å². The summed E-state index contributed by atoms with van der Waals surface area (Å²) in [6.45, 7) is 0. The van der Waals surface area contributed by atoms with Gasteiger partial charge in [0.2, 0.25) is 0 Å². The van der Waals surface area contributed by atoms with Crippen molar-refractivity contribution >= 4 is 22.7 Å². The number of thiophene rings is 1. The van der Waals surface area contributed by atoms with Crippen LogP contribution < -0.4 is 0 Å². The predicted octanol–water partition coefficient (Wildman–Crippen LogP) is 2.88. The van der Waals surface area contributed by atoms with E-state index in [-0.39, 0.29) is 0 Å². The van der Waals surface area contributed by atoms with Gasteiger partial charge in [-0.05, 0) is 24.3 Å². The first-order chi connectivity index (χ1) is 5.88. The molecule has 62 valence electrons. The topological polar surface area (TPSA) is 17.1 Å². The molecule has 0 atom stereocenters. The van der Waals surface area contributed by atoms with Crippen LogP contribution in [0.15, 0.2) is 23.6 Å². The van der Waals surface area contributed by atoms with Crippen molar-refractivity contribution in [2.24, 2.45) is 0 Å². The largest absolute Gasteiger partial charge is 0.294 e. The van der Waals surface area contributed by atoms with Gasteiger partial charge >= 0.3 is 0 Å². The summed E-state index contributed by atoms with van der Waals surface area (Å²) in [7, 11) is 0. The molecule has 1 aromatic rings. The van der Waals surface area contributed by atoms with E-state index in [1.807, 2.05) is 17.5 Å². The first kappa shape index (κ1) is 7.74. The van der Waals surface area contributed by atoms with E-state index in [1.165, 1.54) is 0 Å².